The molecule has 1 amide bonds. The van der Waals surface area contributed by atoms with Crippen LogP contribution in [-0.2, 0) is 4.79 Å². The number of aryl methyl sites for hydroxylation is 1. The predicted octanol–water partition coefficient (Wildman–Crippen LogP) is 4.58. The Labute approximate surface area is 179 Å². The lowest BCUT2D eigenvalue weighted by molar-refractivity contribution is -0.111. The van der Waals surface area contributed by atoms with Gasteiger partial charge in [-0.2, -0.15) is 5.10 Å². The van der Waals surface area contributed by atoms with Gasteiger partial charge in [-0.05, 0) is 80.9 Å². The summed E-state index contributed by atoms with van der Waals surface area (Å²) in [5.74, 6) is 1.66. The summed E-state index contributed by atoms with van der Waals surface area (Å²) in [6.45, 7) is 6.03. The van der Waals surface area contributed by atoms with Gasteiger partial charge in [0.15, 0.2) is 11.6 Å². The van der Waals surface area contributed by atoms with E-state index in [1.165, 1.54) is 6.08 Å². The van der Waals surface area contributed by atoms with Crippen LogP contribution in [0.4, 0.5) is 17.2 Å². The minimum atomic E-state index is -0.238. The van der Waals surface area contributed by atoms with Gasteiger partial charge in [0.2, 0.25) is 5.91 Å². The lowest BCUT2D eigenvalue weighted by Gasteiger charge is -2.08. The SMILES string of the molecule is Cc1nn(-c2ccc(Nc3ccc(NC(=O)C=Cc4ccco4)cc3)nn2)c(C)c1C. The summed E-state index contributed by atoms with van der Waals surface area (Å²) in [7, 11) is 0. The largest absolute Gasteiger partial charge is 0.465 e. The Morgan fingerprint density at radius 2 is 1.77 bits per heavy atom. The number of amides is 1. The average molecular weight is 414 g/mol. The number of hydrogen-bond acceptors (Lipinski definition) is 6. The molecule has 0 aliphatic heterocycles. The Hall–Kier alpha value is -4.20. The summed E-state index contributed by atoms with van der Waals surface area (Å²) >= 11 is 0. The van der Waals surface area contributed by atoms with Gasteiger partial charge in [0.25, 0.3) is 0 Å². The van der Waals surface area contributed by atoms with E-state index in [2.05, 4.69) is 25.9 Å². The number of carbonyl (C=O) groups excluding carboxylic acids is 1. The summed E-state index contributed by atoms with van der Waals surface area (Å²) in [6, 6.07) is 14.6. The van der Waals surface area contributed by atoms with Crippen LogP contribution < -0.4 is 10.6 Å². The molecule has 1 aromatic carbocycles. The molecule has 156 valence electrons. The van der Waals surface area contributed by atoms with Crippen molar-refractivity contribution in [1.29, 1.82) is 0 Å². The Morgan fingerprint density at radius 3 is 2.39 bits per heavy atom. The minimum absolute atomic E-state index is 0.238. The van der Waals surface area contributed by atoms with Crippen LogP contribution in [0.25, 0.3) is 11.9 Å². The first-order valence-electron chi connectivity index (χ1n) is 9.76. The Bertz CT molecular complexity index is 1210. The van der Waals surface area contributed by atoms with Gasteiger partial charge in [0.05, 0.1) is 12.0 Å². The van der Waals surface area contributed by atoms with Crippen molar-refractivity contribution in [2.75, 3.05) is 10.6 Å². The minimum Gasteiger partial charge on any atom is -0.465 e. The van der Waals surface area contributed by atoms with E-state index < -0.39 is 0 Å². The fraction of sp³-hybridized carbons (Fsp3) is 0.130. The Kier molecular flexibility index (Phi) is 5.61. The number of aromatic nitrogens is 4. The first-order valence-corrected chi connectivity index (χ1v) is 9.76. The number of carbonyl (C=O) groups is 1. The van der Waals surface area contributed by atoms with Gasteiger partial charge in [-0.1, -0.05) is 0 Å². The molecule has 4 rings (SSSR count). The van der Waals surface area contributed by atoms with Crippen molar-refractivity contribution in [3.63, 3.8) is 0 Å². The third kappa shape index (κ3) is 4.69. The van der Waals surface area contributed by atoms with Crippen LogP contribution in [0.3, 0.4) is 0 Å². The van der Waals surface area contributed by atoms with E-state index >= 15 is 0 Å². The maximum atomic E-state index is 12.0. The second kappa shape index (κ2) is 8.66. The first-order chi connectivity index (χ1) is 15.0. The summed E-state index contributed by atoms with van der Waals surface area (Å²) in [4.78, 5) is 12.0. The van der Waals surface area contributed by atoms with Crippen molar-refractivity contribution in [1.82, 2.24) is 20.0 Å². The molecule has 31 heavy (non-hydrogen) atoms. The molecule has 0 atom stereocenters. The normalized spacial score (nSPS) is 11.1. The molecule has 0 saturated carbocycles. The van der Waals surface area contributed by atoms with E-state index in [0.717, 1.165) is 22.6 Å². The highest BCUT2D eigenvalue weighted by molar-refractivity contribution is 6.01. The molecule has 8 nitrogen and oxygen atoms in total. The van der Waals surface area contributed by atoms with Crippen molar-refractivity contribution in [2.24, 2.45) is 0 Å². The molecule has 0 spiro atoms. The molecular formula is C23H22N6O2. The van der Waals surface area contributed by atoms with Crippen LogP contribution in [0.1, 0.15) is 22.7 Å². The number of hydrogen-bond donors (Lipinski definition) is 2. The maximum Gasteiger partial charge on any atom is 0.248 e. The summed E-state index contributed by atoms with van der Waals surface area (Å²) in [5, 5.41) is 19.0. The molecule has 0 aliphatic carbocycles. The highest BCUT2D eigenvalue weighted by Gasteiger charge is 2.10. The van der Waals surface area contributed by atoms with Crippen LogP contribution in [0.5, 0.6) is 0 Å². The molecule has 8 heteroatoms. The molecule has 0 fully saturated rings. The summed E-state index contributed by atoms with van der Waals surface area (Å²) in [6.07, 6.45) is 4.59. The van der Waals surface area contributed by atoms with Crippen molar-refractivity contribution < 1.29 is 9.21 Å². The zero-order chi connectivity index (χ0) is 21.8. The van der Waals surface area contributed by atoms with Crippen LogP contribution in [0, 0.1) is 20.8 Å². The first kappa shape index (κ1) is 20.1. The highest BCUT2D eigenvalue weighted by atomic mass is 16.3. The third-order valence-corrected chi connectivity index (χ3v) is 4.89. The summed E-state index contributed by atoms with van der Waals surface area (Å²) < 4.78 is 6.95. The second-order valence-corrected chi connectivity index (χ2v) is 7.02. The zero-order valence-corrected chi connectivity index (χ0v) is 17.5. The van der Waals surface area contributed by atoms with Gasteiger partial charge >= 0.3 is 0 Å². The molecule has 3 aromatic heterocycles. The van der Waals surface area contributed by atoms with E-state index in [1.807, 2.05) is 45.0 Å². The van der Waals surface area contributed by atoms with E-state index in [0.29, 0.717) is 23.1 Å². The smallest absolute Gasteiger partial charge is 0.248 e. The van der Waals surface area contributed by atoms with E-state index in [9.17, 15) is 4.79 Å². The number of nitrogens with zero attached hydrogens (tertiary/aromatic N) is 4. The van der Waals surface area contributed by atoms with Crippen LogP contribution in [0.15, 0.2) is 65.3 Å². The molecule has 2 N–H and O–H groups in total. The molecule has 0 bridgehead atoms. The van der Waals surface area contributed by atoms with E-state index in [-0.39, 0.29) is 5.91 Å². The van der Waals surface area contributed by atoms with E-state index in [1.54, 1.807) is 41.3 Å². The van der Waals surface area contributed by atoms with Crippen LogP contribution in [0.2, 0.25) is 0 Å². The van der Waals surface area contributed by atoms with Crippen molar-refractivity contribution in [2.45, 2.75) is 20.8 Å². The van der Waals surface area contributed by atoms with Gasteiger partial charge < -0.3 is 15.1 Å². The Balaban J connectivity index is 1.37. The molecule has 4 aromatic rings. The topological polar surface area (TPSA) is 97.9 Å². The Morgan fingerprint density at radius 1 is 1.00 bits per heavy atom. The average Bonchev–Trinajstić information content (AvgIpc) is 3.39. The fourth-order valence-corrected chi connectivity index (χ4v) is 2.96. The quantitative estimate of drug-likeness (QED) is 0.448. The predicted molar refractivity (Wildman–Crippen MR) is 119 cm³/mol. The monoisotopic (exact) mass is 414 g/mol. The molecule has 0 radical (unpaired) electrons. The third-order valence-electron chi connectivity index (χ3n) is 4.89. The molecule has 0 unspecified atom stereocenters. The molecule has 0 aliphatic rings. The molecule has 0 saturated heterocycles. The molecular weight excluding hydrogens is 392 g/mol. The highest BCUT2D eigenvalue weighted by Crippen LogP contribution is 2.19. The maximum absolute atomic E-state index is 12.0. The van der Waals surface area contributed by atoms with Gasteiger partial charge in [-0.3, -0.25) is 4.79 Å². The van der Waals surface area contributed by atoms with Crippen LogP contribution >= 0.6 is 0 Å². The number of furan rings is 1. The van der Waals surface area contributed by atoms with Crippen molar-refractivity contribution in [3.05, 3.63) is 83.6 Å². The summed E-state index contributed by atoms with van der Waals surface area (Å²) in [5.41, 5.74) is 4.68. The number of anilines is 3. The number of rotatable bonds is 6. The number of benzene rings is 1. The van der Waals surface area contributed by atoms with Gasteiger partial charge in [-0.15, -0.1) is 10.2 Å². The number of nitrogens with one attached hydrogen (secondary N) is 2. The lowest BCUT2D eigenvalue weighted by atomic mass is 10.2. The van der Waals surface area contributed by atoms with Gasteiger partial charge in [-0.25, -0.2) is 4.68 Å². The van der Waals surface area contributed by atoms with Crippen LogP contribution in [-0.4, -0.2) is 25.9 Å². The van der Waals surface area contributed by atoms with Gasteiger partial charge in [0.1, 0.15) is 5.76 Å². The zero-order valence-electron chi connectivity index (χ0n) is 17.5. The van der Waals surface area contributed by atoms with Crippen molar-refractivity contribution >= 4 is 29.2 Å². The van der Waals surface area contributed by atoms with E-state index in [4.69, 9.17) is 4.42 Å². The fourth-order valence-electron chi connectivity index (χ4n) is 2.96. The lowest BCUT2D eigenvalue weighted by Crippen LogP contribution is -2.07. The van der Waals surface area contributed by atoms with Gasteiger partial charge in [0, 0.05) is 23.1 Å². The second-order valence-electron chi connectivity index (χ2n) is 7.02. The molecule has 3 heterocycles. The standard InChI is InChI=1S/C23H22N6O2/c1-15-16(2)28-29(17(15)3)22-12-11-21(26-27-22)24-18-6-8-19(9-7-18)25-23(30)13-10-20-5-4-14-31-20/h4-14H,1-3H3,(H,24,26)(H,25,30). The van der Waals surface area contributed by atoms with Crippen molar-refractivity contribution in [3.8, 4) is 5.82 Å².